The van der Waals surface area contributed by atoms with Crippen LogP contribution in [0.5, 0.6) is 5.75 Å². The Morgan fingerprint density at radius 2 is 2.00 bits per heavy atom. The molecule has 0 aromatic heterocycles. The van der Waals surface area contributed by atoms with Crippen molar-refractivity contribution in [2.45, 2.75) is 12.8 Å². The lowest BCUT2D eigenvalue weighted by Gasteiger charge is -2.17. The van der Waals surface area contributed by atoms with Gasteiger partial charge in [-0.25, -0.2) is 0 Å². The third kappa shape index (κ3) is 2.85. The first kappa shape index (κ1) is 11.6. The van der Waals surface area contributed by atoms with E-state index in [0.717, 1.165) is 18.9 Å². The summed E-state index contributed by atoms with van der Waals surface area (Å²) in [5.74, 6) is 0.964. The monoisotopic (exact) mass is 249 g/mol. The van der Waals surface area contributed by atoms with Crippen LogP contribution in [0.15, 0.2) is 18.2 Å². The highest BCUT2D eigenvalue weighted by molar-refractivity contribution is 6.75. The second-order valence-electron chi connectivity index (χ2n) is 4.01. The van der Waals surface area contributed by atoms with E-state index in [1.54, 1.807) is 0 Å². The minimum atomic E-state index is -5.05. The molecule has 6 heteroatoms. The molecule has 1 nitrogen and oxygen atoms in total. The Hall–Kier alpha value is -0.835. The topological polar surface area (TPSA) is 9.23 Å². The second kappa shape index (κ2) is 4.20. The molecule has 1 aliphatic rings. The molecule has 2 rings (SSSR count). The van der Waals surface area contributed by atoms with Gasteiger partial charge < -0.3 is 17.7 Å². The summed E-state index contributed by atoms with van der Waals surface area (Å²) in [4.78, 5) is 0. The van der Waals surface area contributed by atoms with Crippen molar-refractivity contribution in [3.63, 3.8) is 0 Å². The molecule has 1 aromatic carbocycles. The van der Waals surface area contributed by atoms with Gasteiger partial charge in [0.2, 0.25) is 0 Å². The van der Waals surface area contributed by atoms with E-state index in [-0.39, 0.29) is 5.02 Å². The minimum Gasteiger partial charge on any atom is -0.493 e. The Balaban J connectivity index is 2.08. The number of hydrogen-bond acceptors (Lipinski definition) is 1. The fourth-order valence-corrected chi connectivity index (χ4v) is 1.66. The van der Waals surface area contributed by atoms with Gasteiger partial charge in [-0.3, -0.25) is 0 Å². The maximum absolute atomic E-state index is 12.4. The van der Waals surface area contributed by atoms with Crippen LogP contribution in [0.25, 0.3) is 0 Å². The van der Waals surface area contributed by atoms with Crippen LogP contribution in [0.3, 0.4) is 0 Å². The van der Waals surface area contributed by atoms with Gasteiger partial charge in [-0.1, -0.05) is 23.1 Å². The normalized spacial score (nSPS) is 16.2. The summed E-state index contributed by atoms with van der Waals surface area (Å²) >= 11 is 5.56. The molecule has 0 saturated heterocycles. The van der Waals surface area contributed by atoms with Crippen molar-refractivity contribution >= 4 is 24.0 Å². The molecule has 16 heavy (non-hydrogen) atoms. The number of ether oxygens (including phenoxy) is 1. The summed E-state index contributed by atoms with van der Waals surface area (Å²) in [6, 6.07) is 3.53. The first-order valence-corrected chi connectivity index (χ1v) is 5.47. The first-order valence-electron chi connectivity index (χ1n) is 5.09. The molecular formula is C10H10BClF3O-. The Morgan fingerprint density at radius 3 is 2.50 bits per heavy atom. The standard InChI is InChI=1S/C10H10BClF3O/c12-10-5-8(16-6-7-1-2-7)3-4-9(10)11(13,14)15/h3-5,7H,1-2,6H2/q-1. The van der Waals surface area contributed by atoms with Crippen molar-refractivity contribution in [1.29, 1.82) is 0 Å². The van der Waals surface area contributed by atoms with E-state index in [9.17, 15) is 12.9 Å². The van der Waals surface area contributed by atoms with Crippen molar-refractivity contribution < 1.29 is 17.7 Å². The zero-order chi connectivity index (χ0) is 11.8. The molecule has 0 spiro atoms. The quantitative estimate of drug-likeness (QED) is 0.745. The molecule has 0 bridgehead atoms. The highest BCUT2D eigenvalue weighted by Crippen LogP contribution is 2.30. The summed E-state index contributed by atoms with van der Waals surface area (Å²) in [5, 5.41) is -0.291. The summed E-state index contributed by atoms with van der Waals surface area (Å²) in [6.45, 7) is -4.48. The summed E-state index contributed by atoms with van der Waals surface area (Å²) in [7, 11) is 0. The average molecular weight is 249 g/mol. The second-order valence-corrected chi connectivity index (χ2v) is 4.42. The van der Waals surface area contributed by atoms with Crippen LogP contribution in [0.4, 0.5) is 12.9 Å². The third-order valence-electron chi connectivity index (χ3n) is 2.51. The van der Waals surface area contributed by atoms with Crippen LogP contribution < -0.4 is 10.2 Å². The molecule has 0 heterocycles. The summed E-state index contributed by atoms with van der Waals surface area (Å²) in [5.41, 5.74) is -0.763. The highest BCUT2D eigenvalue weighted by atomic mass is 35.5. The summed E-state index contributed by atoms with van der Waals surface area (Å²) < 4.78 is 42.7. The molecule has 0 radical (unpaired) electrons. The molecule has 1 fully saturated rings. The maximum atomic E-state index is 12.4. The molecule has 0 amide bonds. The van der Waals surface area contributed by atoms with Gasteiger partial charge in [0.25, 0.3) is 0 Å². The number of hydrogen-bond donors (Lipinski definition) is 0. The zero-order valence-corrected chi connectivity index (χ0v) is 9.18. The Kier molecular flexibility index (Phi) is 3.06. The Bertz CT molecular complexity index is 390. The molecule has 1 aromatic rings. The van der Waals surface area contributed by atoms with Gasteiger partial charge in [0.05, 0.1) is 6.61 Å². The lowest BCUT2D eigenvalue weighted by Crippen LogP contribution is -2.34. The SMILES string of the molecule is F[B-](F)(F)c1ccc(OCC2CC2)cc1Cl. The van der Waals surface area contributed by atoms with E-state index >= 15 is 0 Å². The van der Waals surface area contributed by atoms with E-state index in [1.165, 1.54) is 12.1 Å². The fourth-order valence-electron chi connectivity index (χ4n) is 1.36. The van der Waals surface area contributed by atoms with Crippen molar-refractivity contribution in [2.75, 3.05) is 6.61 Å². The maximum Gasteiger partial charge on any atom is 0.511 e. The van der Waals surface area contributed by atoms with Gasteiger partial charge in [-0.05, 0) is 30.9 Å². The van der Waals surface area contributed by atoms with E-state index in [1.807, 2.05) is 0 Å². The third-order valence-corrected chi connectivity index (χ3v) is 2.83. The number of halogens is 4. The van der Waals surface area contributed by atoms with Gasteiger partial charge in [0.1, 0.15) is 5.75 Å². The van der Waals surface area contributed by atoms with Crippen LogP contribution in [-0.4, -0.2) is 13.6 Å². The van der Waals surface area contributed by atoms with Gasteiger partial charge in [0.15, 0.2) is 0 Å². The number of benzene rings is 1. The number of rotatable bonds is 4. The van der Waals surface area contributed by atoms with Gasteiger partial charge >= 0.3 is 6.98 Å². The van der Waals surface area contributed by atoms with E-state index in [0.29, 0.717) is 18.3 Å². The largest absolute Gasteiger partial charge is 0.511 e. The van der Waals surface area contributed by atoms with E-state index < -0.39 is 12.4 Å². The van der Waals surface area contributed by atoms with Crippen molar-refractivity contribution in [3.05, 3.63) is 23.2 Å². The van der Waals surface area contributed by atoms with E-state index in [4.69, 9.17) is 16.3 Å². The predicted octanol–water partition coefficient (Wildman–Crippen LogP) is 3.18. The van der Waals surface area contributed by atoms with Crippen LogP contribution >= 0.6 is 11.6 Å². The predicted molar refractivity (Wildman–Crippen MR) is 58.4 cm³/mol. The molecule has 1 saturated carbocycles. The molecule has 1 aliphatic carbocycles. The molecule has 0 aliphatic heterocycles. The Labute approximate surface area is 96.6 Å². The van der Waals surface area contributed by atoms with Crippen LogP contribution in [0.1, 0.15) is 12.8 Å². The zero-order valence-electron chi connectivity index (χ0n) is 8.43. The molecule has 0 N–H and O–H groups in total. The molecule has 88 valence electrons. The lowest BCUT2D eigenvalue weighted by molar-refractivity contribution is 0.300. The lowest BCUT2D eigenvalue weighted by atomic mass is 9.80. The Morgan fingerprint density at radius 1 is 1.31 bits per heavy atom. The van der Waals surface area contributed by atoms with Gasteiger partial charge in [-0.2, -0.15) is 0 Å². The smallest absolute Gasteiger partial charge is 0.493 e. The average Bonchev–Trinajstić information content (AvgIpc) is 2.96. The molecule has 0 unspecified atom stereocenters. The van der Waals surface area contributed by atoms with Gasteiger partial charge in [0, 0.05) is 5.02 Å². The fraction of sp³-hybridized carbons (Fsp3) is 0.400. The summed E-state index contributed by atoms with van der Waals surface area (Å²) in [6.07, 6.45) is 2.27. The first-order chi connectivity index (χ1) is 7.47. The minimum absolute atomic E-state index is 0.291. The van der Waals surface area contributed by atoms with Gasteiger partial charge in [-0.15, -0.1) is 0 Å². The van der Waals surface area contributed by atoms with Crippen molar-refractivity contribution in [3.8, 4) is 5.75 Å². The van der Waals surface area contributed by atoms with E-state index in [2.05, 4.69) is 0 Å². The van der Waals surface area contributed by atoms with Crippen molar-refractivity contribution in [1.82, 2.24) is 0 Å². The van der Waals surface area contributed by atoms with Crippen LogP contribution in [-0.2, 0) is 0 Å². The molecular weight excluding hydrogens is 239 g/mol. The van der Waals surface area contributed by atoms with Crippen LogP contribution in [0, 0.1) is 5.92 Å². The highest BCUT2D eigenvalue weighted by Gasteiger charge is 2.28. The molecule has 0 atom stereocenters. The van der Waals surface area contributed by atoms with Crippen molar-refractivity contribution in [2.24, 2.45) is 5.92 Å². The van der Waals surface area contributed by atoms with Crippen LogP contribution in [0.2, 0.25) is 5.02 Å².